The van der Waals surface area contributed by atoms with Crippen LogP contribution in [0.25, 0.3) is 0 Å². The summed E-state index contributed by atoms with van der Waals surface area (Å²) >= 11 is 0. The predicted octanol–water partition coefficient (Wildman–Crippen LogP) is 1.85. The van der Waals surface area contributed by atoms with Crippen molar-refractivity contribution in [1.82, 2.24) is 13.9 Å². The molecule has 0 spiro atoms. The van der Waals surface area contributed by atoms with Gasteiger partial charge in [0.05, 0.1) is 0 Å². The monoisotopic (exact) mass is 351 g/mol. The summed E-state index contributed by atoms with van der Waals surface area (Å²) in [6.45, 7) is 5.66. The van der Waals surface area contributed by atoms with Crippen molar-refractivity contribution in [2.24, 2.45) is 11.8 Å². The Kier molecular flexibility index (Phi) is 5.82. The van der Waals surface area contributed by atoms with E-state index in [1.807, 2.05) is 0 Å². The lowest BCUT2D eigenvalue weighted by Gasteiger charge is -2.40. The van der Waals surface area contributed by atoms with E-state index in [0.717, 1.165) is 19.3 Å². The summed E-state index contributed by atoms with van der Waals surface area (Å²) in [7, 11) is -1.52. The number of nitrogens with one attached hydrogen (secondary N) is 1. The highest BCUT2D eigenvalue weighted by atomic mass is 35.5. The Labute approximate surface area is 141 Å². The number of rotatable bonds is 3. The van der Waals surface area contributed by atoms with E-state index in [4.69, 9.17) is 0 Å². The molecular weight excluding hydrogens is 322 g/mol. The molecule has 0 aliphatic carbocycles. The zero-order valence-corrected chi connectivity index (χ0v) is 15.5. The first-order chi connectivity index (χ1) is 9.86. The van der Waals surface area contributed by atoms with Crippen LogP contribution in [0.2, 0.25) is 0 Å². The van der Waals surface area contributed by atoms with Gasteiger partial charge in [-0.1, -0.05) is 13.8 Å². The van der Waals surface area contributed by atoms with Crippen LogP contribution in [0, 0.1) is 11.8 Å². The Bertz CT molecular complexity index is 465. The van der Waals surface area contributed by atoms with E-state index >= 15 is 0 Å². The van der Waals surface area contributed by atoms with Gasteiger partial charge in [-0.05, 0) is 43.9 Å². The molecule has 0 radical (unpaired) electrons. The van der Waals surface area contributed by atoms with Crippen molar-refractivity contribution < 1.29 is 8.42 Å². The second-order valence-electron chi connectivity index (χ2n) is 7.55. The third kappa shape index (κ3) is 3.61. The normalized spacial score (nSPS) is 39.7. The largest absolute Gasteiger partial charge is 0.311 e. The van der Waals surface area contributed by atoms with Gasteiger partial charge in [-0.2, -0.15) is 17.0 Å². The maximum Gasteiger partial charge on any atom is 0.281 e. The van der Waals surface area contributed by atoms with Crippen LogP contribution in [0.5, 0.6) is 0 Å². The van der Waals surface area contributed by atoms with Crippen molar-refractivity contribution in [2.75, 3.05) is 20.1 Å². The summed E-state index contributed by atoms with van der Waals surface area (Å²) in [6, 6.07) is 1.21. The van der Waals surface area contributed by atoms with Gasteiger partial charge in [0.25, 0.3) is 10.2 Å². The standard InChI is InChI=1S/C15H29N3O2S.ClH/c1-11-6-12(2)10-18(9-11)21(19,20)17(3)15-7-13-4-5-14(8-15)16-13;/h11-16H,4-10H2,1-3H3;1H. The highest BCUT2D eigenvalue weighted by Crippen LogP contribution is 2.32. The van der Waals surface area contributed by atoms with Gasteiger partial charge in [0.15, 0.2) is 0 Å². The fourth-order valence-electron chi connectivity index (χ4n) is 4.49. The summed E-state index contributed by atoms with van der Waals surface area (Å²) in [5.41, 5.74) is 0. The first kappa shape index (κ1) is 18.5. The average molecular weight is 352 g/mol. The smallest absolute Gasteiger partial charge is 0.281 e. The van der Waals surface area contributed by atoms with Gasteiger partial charge in [0.1, 0.15) is 0 Å². The van der Waals surface area contributed by atoms with Crippen LogP contribution in [0.15, 0.2) is 0 Å². The number of piperidine rings is 2. The summed E-state index contributed by atoms with van der Waals surface area (Å²) < 4.78 is 29.3. The highest BCUT2D eigenvalue weighted by molar-refractivity contribution is 7.86. The predicted molar refractivity (Wildman–Crippen MR) is 91.4 cm³/mol. The minimum absolute atomic E-state index is 0. The first-order valence-corrected chi connectivity index (χ1v) is 9.75. The Balaban J connectivity index is 0.00000176. The van der Waals surface area contributed by atoms with Crippen LogP contribution in [-0.2, 0) is 10.2 Å². The van der Waals surface area contributed by atoms with Crippen LogP contribution in [0.4, 0.5) is 0 Å². The Hall–Kier alpha value is 0.120. The fourth-order valence-corrected chi connectivity index (χ4v) is 6.29. The minimum atomic E-state index is -3.31. The van der Waals surface area contributed by atoms with Gasteiger partial charge in [0, 0.05) is 38.3 Å². The van der Waals surface area contributed by atoms with E-state index in [1.54, 1.807) is 15.7 Å². The van der Waals surface area contributed by atoms with E-state index in [1.165, 1.54) is 12.8 Å². The molecule has 0 amide bonds. The molecule has 3 aliphatic heterocycles. The summed E-state index contributed by atoms with van der Waals surface area (Å²) in [4.78, 5) is 0. The van der Waals surface area contributed by atoms with Crippen LogP contribution >= 0.6 is 12.4 Å². The fraction of sp³-hybridized carbons (Fsp3) is 1.00. The third-order valence-corrected chi connectivity index (χ3v) is 7.46. The Morgan fingerprint density at radius 1 is 1.00 bits per heavy atom. The van der Waals surface area contributed by atoms with Crippen LogP contribution in [-0.4, -0.2) is 55.3 Å². The number of hydrogen-bond acceptors (Lipinski definition) is 3. The Morgan fingerprint density at radius 2 is 1.50 bits per heavy atom. The molecular formula is C15H30ClN3O2S. The van der Waals surface area contributed by atoms with Crippen molar-refractivity contribution >= 4 is 22.6 Å². The lowest BCUT2D eigenvalue weighted by atomic mass is 9.94. The summed E-state index contributed by atoms with van der Waals surface area (Å²) in [6.07, 6.45) is 5.46. The molecule has 3 aliphatic rings. The van der Waals surface area contributed by atoms with Crippen molar-refractivity contribution in [3.05, 3.63) is 0 Å². The molecule has 130 valence electrons. The molecule has 0 aromatic rings. The molecule has 1 N–H and O–H groups in total. The molecule has 3 fully saturated rings. The average Bonchev–Trinajstić information content (AvgIpc) is 2.75. The lowest BCUT2D eigenvalue weighted by molar-refractivity contribution is 0.192. The van der Waals surface area contributed by atoms with Gasteiger partial charge < -0.3 is 5.32 Å². The zero-order chi connectivity index (χ0) is 15.2. The molecule has 3 heterocycles. The molecule has 2 bridgehead atoms. The van der Waals surface area contributed by atoms with Crippen molar-refractivity contribution in [3.63, 3.8) is 0 Å². The Morgan fingerprint density at radius 3 is 2.00 bits per heavy atom. The topological polar surface area (TPSA) is 52.7 Å². The van der Waals surface area contributed by atoms with Crippen molar-refractivity contribution in [2.45, 2.75) is 64.1 Å². The van der Waals surface area contributed by atoms with E-state index in [9.17, 15) is 8.42 Å². The van der Waals surface area contributed by atoms with E-state index in [2.05, 4.69) is 19.2 Å². The van der Waals surface area contributed by atoms with Gasteiger partial charge in [-0.15, -0.1) is 12.4 Å². The second-order valence-corrected chi connectivity index (χ2v) is 9.54. The van der Waals surface area contributed by atoms with Gasteiger partial charge in [-0.3, -0.25) is 0 Å². The molecule has 22 heavy (non-hydrogen) atoms. The SMILES string of the molecule is CC1CC(C)CN(S(=O)(=O)N(C)C2CC3CCC(C2)N3)C1.Cl. The number of halogens is 1. The van der Waals surface area contributed by atoms with Crippen LogP contribution in [0.3, 0.4) is 0 Å². The summed E-state index contributed by atoms with van der Waals surface area (Å²) in [5.74, 6) is 0.919. The van der Waals surface area contributed by atoms with E-state index < -0.39 is 10.2 Å². The molecule has 0 saturated carbocycles. The van der Waals surface area contributed by atoms with Crippen LogP contribution < -0.4 is 5.32 Å². The summed E-state index contributed by atoms with van der Waals surface area (Å²) in [5, 5.41) is 3.59. The van der Waals surface area contributed by atoms with Gasteiger partial charge >= 0.3 is 0 Å². The van der Waals surface area contributed by atoms with Gasteiger partial charge in [-0.25, -0.2) is 0 Å². The zero-order valence-electron chi connectivity index (χ0n) is 13.9. The molecule has 0 aromatic carbocycles. The van der Waals surface area contributed by atoms with Gasteiger partial charge in [0.2, 0.25) is 0 Å². The van der Waals surface area contributed by atoms with E-state index in [-0.39, 0.29) is 18.4 Å². The maximum atomic E-state index is 12.9. The van der Waals surface area contributed by atoms with Crippen molar-refractivity contribution in [3.8, 4) is 0 Å². The quantitative estimate of drug-likeness (QED) is 0.844. The lowest BCUT2D eigenvalue weighted by Crippen LogP contribution is -2.54. The van der Waals surface area contributed by atoms with Crippen LogP contribution in [0.1, 0.15) is 46.0 Å². The van der Waals surface area contributed by atoms with Crippen molar-refractivity contribution in [1.29, 1.82) is 0 Å². The third-order valence-electron chi connectivity index (χ3n) is 5.49. The molecule has 3 rings (SSSR count). The maximum absolute atomic E-state index is 12.9. The molecule has 0 aromatic heterocycles. The molecule has 3 saturated heterocycles. The molecule has 5 nitrogen and oxygen atoms in total. The van der Waals surface area contributed by atoms with E-state index in [0.29, 0.717) is 37.0 Å². The number of nitrogens with zero attached hydrogens (tertiary/aromatic N) is 2. The second kappa shape index (κ2) is 6.93. The minimum Gasteiger partial charge on any atom is -0.311 e. The first-order valence-electron chi connectivity index (χ1n) is 8.35. The number of hydrogen-bond donors (Lipinski definition) is 1. The molecule has 4 unspecified atom stereocenters. The highest BCUT2D eigenvalue weighted by Gasteiger charge is 2.41. The number of fused-ring (bicyclic) bond motifs is 2. The molecule has 4 atom stereocenters. The molecule has 7 heteroatoms.